The highest BCUT2D eigenvalue weighted by atomic mass is 16.5. The number of ether oxygens (including phenoxy) is 1. The minimum Gasteiger partial charge on any atom is -0.463 e. The van der Waals surface area contributed by atoms with Crippen LogP contribution in [0.5, 0.6) is 5.75 Å². The van der Waals surface area contributed by atoms with Gasteiger partial charge >= 0.3 is 0 Å². The summed E-state index contributed by atoms with van der Waals surface area (Å²) in [6, 6.07) is 13.5. The third kappa shape index (κ3) is 4.06. The van der Waals surface area contributed by atoms with Crippen molar-refractivity contribution in [3.8, 4) is 5.75 Å². The van der Waals surface area contributed by atoms with Crippen molar-refractivity contribution in [3.63, 3.8) is 0 Å². The third-order valence-electron chi connectivity index (χ3n) is 5.02. The average Bonchev–Trinajstić information content (AvgIpc) is 3.23. The number of benzene rings is 2. The number of nitrogens with zero attached hydrogens (tertiary/aromatic N) is 4. The summed E-state index contributed by atoms with van der Waals surface area (Å²) in [6.45, 7) is 0.819. The molecule has 0 radical (unpaired) electrons. The van der Waals surface area contributed by atoms with Crippen LogP contribution in [0.15, 0.2) is 84.0 Å². The van der Waals surface area contributed by atoms with E-state index < -0.39 is 0 Å². The molecule has 5 rings (SSSR count). The van der Waals surface area contributed by atoms with Crippen molar-refractivity contribution in [1.29, 1.82) is 0 Å². The summed E-state index contributed by atoms with van der Waals surface area (Å²) in [6.07, 6.45) is 12.3. The molecule has 0 atom stereocenters. The van der Waals surface area contributed by atoms with Crippen molar-refractivity contribution in [3.05, 3.63) is 84.5 Å². The second-order valence-electron chi connectivity index (χ2n) is 7.09. The van der Waals surface area contributed by atoms with Crippen molar-refractivity contribution in [1.82, 2.24) is 14.9 Å². The van der Waals surface area contributed by atoms with Crippen molar-refractivity contribution >= 4 is 40.6 Å². The molecular weight excluding hydrogens is 390 g/mol. The molecule has 0 aliphatic carbocycles. The van der Waals surface area contributed by atoms with Crippen LogP contribution in [0.1, 0.15) is 5.56 Å². The normalized spacial score (nSPS) is 18.5. The van der Waals surface area contributed by atoms with Gasteiger partial charge in [-0.1, -0.05) is 30.4 Å². The van der Waals surface area contributed by atoms with Gasteiger partial charge in [-0.3, -0.25) is 4.79 Å². The number of anilines is 2. The van der Waals surface area contributed by atoms with Gasteiger partial charge in [0.05, 0.1) is 17.8 Å². The van der Waals surface area contributed by atoms with E-state index in [1.165, 1.54) is 12.5 Å². The van der Waals surface area contributed by atoms with Gasteiger partial charge in [0.15, 0.2) is 0 Å². The third-order valence-corrected chi connectivity index (χ3v) is 5.02. The first-order chi connectivity index (χ1) is 15.3. The molecule has 0 spiro atoms. The van der Waals surface area contributed by atoms with Crippen LogP contribution in [-0.4, -0.2) is 40.1 Å². The quantitative estimate of drug-likeness (QED) is 0.602. The van der Waals surface area contributed by atoms with Gasteiger partial charge in [-0.15, -0.1) is 0 Å². The molecule has 2 aromatic carbocycles. The molecule has 31 heavy (non-hydrogen) atoms. The number of fused-ring (bicyclic) bond motifs is 3. The van der Waals surface area contributed by atoms with Gasteiger partial charge in [-0.25, -0.2) is 15.0 Å². The lowest BCUT2D eigenvalue weighted by Crippen LogP contribution is -2.25. The molecule has 3 heterocycles. The number of para-hydroxylation sites is 1. The van der Waals surface area contributed by atoms with E-state index in [-0.39, 0.29) is 12.5 Å². The monoisotopic (exact) mass is 409 g/mol. The molecule has 2 aliphatic heterocycles. The van der Waals surface area contributed by atoms with Crippen LogP contribution < -0.4 is 10.1 Å². The number of hydrogen-bond acceptors (Lipinski definition) is 6. The van der Waals surface area contributed by atoms with E-state index in [0.29, 0.717) is 18.1 Å². The Labute approximate surface area is 179 Å². The van der Waals surface area contributed by atoms with Gasteiger partial charge in [-0.05, 0) is 42.0 Å². The molecule has 0 saturated heterocycles. The van der Waals surface area contributed by atoms with Crippen LogP contribution >= 0.6 is 0 Å². The minimum absolute atomic E-state index is 0.181. The first-order valence-corrected chi connectivity index (χ1v) is 9.89. The second kappa shape index (κ2) is 8.23. The van der Waals surface area contributed by atoms with Gasteiger partial charge in [0.1, 0.15) is 24.2 Å². The standard InChI is InChI=1S/C24H19N5O2/c30-23-14-29-12-4-7-18(29)15-31-19-9-10-22-20(13-19)24(27-16-26-22)28-21-8-2-1-5-17(21)6-3-11-25-23/h1-11,13,15-16H,12,14H2,(H,26,27,28)/b6-3+,18-15+,25-11?. The maximum Gasteiger partial charge on any atom is 0.265 e. The van der Waals surface area contributed by atoms with Crippen LogP contribution in [0.2, 0.25) is 0 Å². The number of aromatic nitrogens is 2. The van der Waals surface area contributed by atoms with Gasteiger partial charge in [0.25, 0.3) is 5.91 Å². The number of nitrogens with one attached hydrogen (secondary N) is 1. The Morgan fingerprint density at radius 1 is 1.06 bits per heavy atom. The van der Waals surface area contributed by atoms with Crippen molar-refractivity contribution < 1.29 is 9.53 Å². The Morgan fingerprint density at radius 3 is 2.97 bits per heavy atom. The van der Waals surface area contributed by atoms with Gasteiger partial charge < -0.3 is 15.0 Å². The van der Waals surface area contributed by atoms with Crippen molar-refractivity contribution in [2.24, 2.45) is 4.99 Å². The summed E-state index contributed by atoms with van der Waals surface area (Å²) < 4.78 is 5.91. The number of amides is 1. The van der Waals surface area contributed by atoms with E-state index in [0.717, 1.165) is 27.9 Å². The van der Waals surface area contributed by atoms with Crippen LogP contribution in [0.3, 0.4) is 0 Å². The summed E-state index contributed by atoms with van der Waals surface area (Å²) >= 11 is 0. The van der Waals surface area contributed by atoms with Crippen molar-refractivity contribution in [2.75, 3.05) is 18.4 Å². The zero-order valence-electron chi connectivity index (χ0n) is 16.6. The van der Waals surface area contributed by atoms with Gasteiger partial charge in [-0.2, -0.15) is 0 Å². The molecule has 1 amide bonds. The van der Waals surface area contributed by atoms with E-state index in [1.807, 2.05) is 65.6 Å². The molecule has 0 saturated carbocycles. The number of carbonyl (C=O) groups is 1. The van der Waals surface area contributed by atoms with E-state index in [9.17, 15) is 4.79 Å². The number of aliphatic imine (C=N–C) groups is 1. The van der Waals surface area contributed by atoms with Gasteiger partial charge in [0, 0.05) is 23.8 Å². The van der Waals surface area contributed by atoms with E-state index in [4.69, 9.17) is 4.74 Å². The largest absolute Gasteiger partial charge is 0.463 e. The topological polar surface area (TPSA) is 79.7 Å². The molecule has 3 aromatic rings. The molecule has 0 unspecified atom stereocenters. The van der Waals surface area contributed by atoms with Crippen LogP contribution in [0, 0.1) is 0 Å². The molecular formula is C24H19N5O2. The number of rotatable bonds is 0. The SMILES string of the molecule is O=C1CN2CC=C/C2=C\Oc2ccc3ncnc(c3c2)Nc2ccccc2/C=C/C=N1. The smallest absolute Gasteiger partial charge is 0.265 e. The zero-order chi connectivity index (χ0) is 21.0. The average molecular weight is 409 g/mol. The van der Waals surface area contributed by atoms with Crippen molar-refractivity contribution in [2.45, 2.75) is 0 Å². The minimum atomic E-state index is -0.223. The number of carbonyl (C=O) groups excluding carboxylic acids is 1. The highest BCUT2D eigenvalue weighted by molar-refractivity contribution is 5.94. The second-order valence-corrected chi connectivity index (χ2v) is 7.09. The molecule has 1 aromatic heterocycles. The van der Waals surface area contributed by atoms with E-state index >= 15 is 0 Å². The molecule has 7 heteroatoms. The Kier molecular flexibility index (Phi) is 4.98. The van der Waals surface area contributed by atoms with Crippen LogP contribution in [0.25, 0.3) is 17.0 Å². The summed E-state index contributed by atoms with van der Waals surface area (Å²) in [5.74, 6) is 1.11. The summed E-state index contributed by atoms with van der Waals surface area (Å²) in [5, 5.41) is 4.24. The lowest BCUT2D eigenvalue weighted by Gasteiger charge is -2.17. The maximum atomic E-state index is 12.3. The molecule has 1 N–H and O–H groups in total. The van der Waals surface area contributed by atoms with E-state index in [1.54, 1.807) is 12.3 Å². The predicted molar refractivity (Wildman–Crippen MR) is 121 cm³/mol. The Bertz CT molecular complexity index is 1280. The Balaban J connectivity index is 1.61. The first-order valence-electron chi connectivity index (χ1n) is 9.89. The van der Waals surface area contributed by atoms with E-state index in [2.05, 4.69) is 20.3 Å². The number of hydrogen-bond donors (Lipinski definition) is 1. The Hall–Kier alpha value is -4.26. The highest BCUT2D eigenvalue weighted by Crippen LogP contribution is 2.29. The van der Waals surface area contributed by atoms with Gasteiger partial charge in [0.2, 0.25) is 0 Å². The predicted octanol–water partition coefficient (Wildman–Crippen LogP) is 4.09. The fourth-order valence-electron chi connectivity index (χ4n) is 3.48. The highest BCUT2D eigenvalue weighted by Gasteiger charge is 2.15. The molecule has 2 aliphatic rings. The Morgan fingerprint density at radius 2 is 2.00 bits per heavy atom. The fourth-order valence-corrected chi connectivity index (χ4v) is 3.48. The summed E-state index contributed by atoms with van der Waals surface area (Å²) in [5.41, 5.74) is 3.45. The number of allylic oxidation sites excluding steroid dienone is 2. The molecule has 0 fully saturated rings. The molecule has 152 valence electrons. The summed E-state index contributed by atoms with van der Waals surface area (Å²) in [7, 11) is 0. The zero-order valence-corrected chi connectivity index (χ0v) is 16.6. The maximum absolute atomic E-state index is 12.3. The lowest BCUT2D eigenvalue weighted by atomic mass is 10.1. The molecule has 7 nitrogen and oxygen atoms in total. The summed E-state index contributed by atoms with van der Waals surface area (Å²) in [4.78, 5) is 27.0. The lowest BCUT2D eigenvalue weighted by molar-refractivity contribution is -0.118. The van der Waals surface area contributed by atoms with Crippen LogP contribution in [-0.2, 0) is 4.79 Å². The first kappa shape index (κ1) is 18.7. The fraction of sp³-hybridized carbons (Fsp3) is 0.0833. The molecule has 2 bridgehead atoms. The van der Waals surface area contributed by atoms with Crippen LogP contribution in [0.4, 0.5) is 11.5 Å².